The molecule has 1 atom stereocenters. The van der Waals surface area contributed by atoms with Crippen LogP contribution in [-0.4, -0.2) is 22.1 Å². The minimum Gasteiger partial charge on any atom is -0.272 e. The van der Waals surface area contributed by atoms with Gasteiger partial charge in [-0.3, -0.25) is 9.10 Å². The zero-order valence-corrected chi connectivity index (χ0v) is 11.6. The first kappa shape index (κ1) is 12.8. The van der Waals surface area contributed by atoms with Gasteiger partial charge in [-0.15, -0.1) is 11.8 Å². The number of rotatable bonds is 4. The molecule has 17 heavy (non-hydrogen) atoms. The van der Waals surface area contributed by atoms with Crippen LogP contribution in [0.15, 0.2) is 35.2 Å². The molecular formula is C12H16N2OS2. The molecule has 1 fully saturated rings. The molecule has 5 heteroatoms. The van der Waals surface area contributed by atoms with Gasteiger partial charge < -0.3 is 0 Å². The van der Waals surface area contributed by atoms with Crippen LogP contribution >= 0.6 is 23.9 Å². The normalized spacial score (nSPS) is 20.3. The van der Waals surface area contributed by atoms with Gasteiger partial charge in [-0.05, 0) is 18.1 Å². The lowest BCUT2D eigenvalue weighted by Crippen LogP contribution is -2.34. The number of nitrogens with zero attached hydrogens (tertiary/aromatic N) is 1. The molecule has 2 rings (SSSR count). The molecule has 1 aromatic rings. The number of benzene rings is 1. The molecule has 1 saturated heterocycles. The van der Waals surface area contributed by atoms with Crippen LogP contribution < -0.4 is 4.72 Å². The van der Waals surface area contributed by atoms with E-state index in [0.717, 1.165) is 0 Å². The van der Waals surface area contributed by atoms with Gasteiger partial charge in [0.1, 0.15) is 6.04 Å². The fourth-order valence-corrected chi connectivity index (χ4v) is 3.46. The van der Waals surface area contributed by atoms with Crippen molar-refractivity contribution in [2.75, 3.05) is 5.88 Å². The molecule has 0 bridgehead atoms. The largest absolute Gasteiger partial charge is 0.272 e. The Bertz CT molecular complexity index is 383. The summed E-state index contributed by atoms with van der Waals surface area (Å²) in [5.74, 6) is 1.21. The van der Waals surface area contributed by atoms with Crippen molar-refractivity contribution >= 4 is 29.8 Å². The highest BCUT2D eigenvalue weighted by Crippen LogP contribution is 2.27. The van der Waals surface area contributed by atoms with E-state index in [9.17, 15) is 4.79 Å². The van der Waals surface area contributed by atoms with Gasteiger partial charge in [0.05, 0.1) is 5.88 Å². The SMILES string of the molecule is CC(C)C1NSN(CSc2ccccc2)C1=O. The highest BCUT2D eigenvalue weighted by atomic mass is 32.2. The second kappa shape index (κ2) is 5.80. The first-order chi connectivity index (χ1) is 8.18. The van der Waals surface area contributed by atoms with E-state index < -0.39 is 0 Å². The van der Waals surface area contributed by atoms with Gasteiger partial charge in [-0.2, -0.15) is 0 Å². The molecule has 0 radical (unpaired) electrons. The maximum absolute atomic E-state index is 12.0. The Labute approximate surface area is 111 Å². The molecule has 3 nitrogen and oxygen atoms in total. The fourth-order valence-electron chi connectivity index (χ4n) is 1.53. The van der Waals surface area contributed by atoms with Crippen LogP contribution in [0.4, 0.5) is 0 Å². The summed E-state index contributed by atoms with van der Waals surface area (Å²) < 4.78 is 4.97. The Balaban J connectivity index is 1.87. The number of hydrogen-bond donors (Lipinski definition) is 1. The minimum absolute atomic E-state index is 0.0450. The number of thioether (sulfide) groups is 1. The van der Waals surface area contributed by atoms with Crippen LogP contribution in [0.2, 0.25) is 0 Å². The van der Waals surface area contributed by atoms with Gasteiger partial charge in [-0.25, -0.2) is 4.72 Å². The molecule has 1 aliphatic rings. The molecule has 0 saturated carbocycles. The van der Waals surface area contributed by atoms with Gasteiger partial charge in [0, 0.05) is 17.0 Å². The number of amides is 1. The molecule has 0 spiro atoms. The fraction of sp³-hybridized carbons (Fsp3) is 0.417. The monoisotopic (exact) mass is 268 g/mol. The zero-order valence-electron chi connectivity index (χ0n) is 9.92. The standard InChI is InChI=1S/C12H16N2OS2/c1-9(2)11-12(15)14(17-13-11)8-16-10-6-4-3-5-7-10/h3-7,9,11,13H,8H2,1-2H3. The van der Waals surface area contributed by atoms with Crippen LogP contribution in [0.1, 0.15) is 13.8 Å². The van der Waals surface area contributed by atoms with Crippen LogP contribution in [0.5, 0.6) is 0 Å². The molecule has 0 aromatic heterocycles. The van der Waals surface area contributed by atoms with E-state index in [1.54, 1.807) is 16.1 Å². The zero-order chi connectivity index (χ0) is 12.3. The van der Waals surface area contributed by atoms with E-state index in [0.29, 0.717) is 11.8 Å². The van der Waals surface area contributed by atoms with Gasteiger partial charge in [-0.1, -0.05) is 32.0 Å². The molecule has 1 aliphatic heterocycles. The number of nitrogens with one attached hydrogen (secondary N) is 1. The summed E-state index contributed by atoms with van der Waals surface area (Å²) in [6, 6.07) is 10.1. The van der Waals surface area contributed by atoms with E-state index in [-0.39, 0.29) is 11.9 Å². The van der Waals surface area contributed by atoms with E-state index in [1.165, 1.54) is 17.0 Å². The predicted octanol–water partition coefficient (Wildman–Crippen LogP) is 2.76. The average Bonchev–Trinajstić information content (AvgIpc) is 2.69. The Morgan fingerprint density at radius 2 is 2.12 bits per heavy atom. The maximum atomic E-state index is 12.0. The third kappa shape index (κ3) is 3.18. The van der Waals surface area contributed by atoms with E-state index in [2.05, 4.69) is 30.7 Å². The summed E-state index contributed by atoms with van der Waals surface area (Å²) in [6.07, 6.45) is 0. The first-order valence-electron chi connectivity index (χ1n) is 5.60. The molecule has 1 N–H and O–H groups in total. The summed E-state index contributed by atoms with van der Waals surface area (Å²) in [5.41, 5.74) is 0. The van der Waals surface area contributed by atoms with Gasteiger partial charge in [0.15, 0.2) is 0 Å². The van der Waals surface area contributed by atoms with E-state index in [1.807, 2.05) is 18.2 Å². The highest BCUT2D eigenvalue weighted by Gasteiger charge is 2.34. The second-order valence-electron chi connectivity index (χ2n) is 4.23. The number of carbonyl (C=O) groups is 1. The molecule has 1 aromatic carbocycles. The molecular weight excluding hydrogens is 252 g/mol. The molecule has 92 valence electrons. The van der Waals surface area contributed by atoms with Crippen LogP contribution in [-0.2, 0) is 4.79 Å². The van der Waals surface area contributed by atoms with Crippen molar-refractivity contribution in [3.8, 4) is 0 Å². The van der Waals surface area contributed by atoms with Crippen molar-refractivity contribution in [3.63, 3.8) is 0 Å². The van der Waals surface area contributed by atoms with E-state index >= 15 is 0 Å². The second-order valence-corrected chi connectivity index (χ2v) is 6.11. The van der Waals surface area contributed by atoms with Crippen molar-refractivity contribution in [2.45, 2.75) is 24.8 Å². The van der Waals surface area contributed by atoms with Crippen molar-refractivity contribution in [2.24, 2.45) is 5.92 Å². The highest BCUT2D eigenvalue weighted by molar-refractivity contribution is 8.01. The van der Waals surface area contributed by atoms with Crippen molar-refractivity contribution < 1.29 is 4.79 Å². The Kier molecular flexibility index (Phi) is 4.36. The maximum Gasteiger partial charge on any atom is 0.252 e. The van der Waals surface area contributed by atoms with Crippen LogP contribution in [0.25, 0.3) is 0 Å². The topological polar surface area (TPSA) is 32.3 Å². The summed E-state index contributed by atoms with van der Waals surface area (Å²) in [6.45, 7) is 4.12. The third-order valence-electron chi connectivity index (χ3n) is 2.56. The van der Waals surface area contributed by atoms with Crippen LogP contribution in [0.3, 0.4) is 0 Å². The Morgan fingerprint density at radius 1 is 1.41 bits per heavy atom. The summed E-state index contributed by atoms with van der Waals surface area (Å²) in [4.78, 5) is 13.2. The molecule has 1 amide bonds. The lowest BCUT2D eigenvalue weighted by molar-refractivity contribution is -0.126. The average molecular weight is 268 g/mol. The van der Waals surface area contributed by atoms with Crippen molar-refractivity contribution in [1.82, 2.24) is 9.03 Å². The van der Waals surface area contributed by atoms with Gasteiger partial charge in [0.2, 0.25) is 0 Å². The smallest absolute Gasteiger partial charge is 0.252 e. The summed E-state index contributed by atoms with van der Waals surface area (Å²) in [7, 11) is 0. The lowest BCUT2D eigenvalue weighted by Gasteiger charge is -2.14. The van der Waals surface area contributed by atoms with Crippen LogP contribution in [0, 0.1) is 5.92 Å². The Morgan fingerprint density at radius 3 is 2.71 bits per heavy atom. The molecule has 1 unspecified atom stereocenters. The summed E-state index contributed by atoms with van der Waals surface area (Å²) >= 11 is 3.10. The lowest BCUT2D eigenvalue weighted by atomic mass is 10.1. The summed E-state index contributed by atoms with van der Waals surface area (Å²) in [5, 5.41) is 0. The Hall–Kier alpha value is -0.650. The minimum atomic E-state index is -0.0450. The molecule has 1 heterocycles. The van der Waals surface area contributed by atoms with E-state index in [4.69, 9.17) is 0 Å². The number of hydrogen-bond acceptors (Lipinski definition) is 4. The quantitative estimate of drug-likeness (QED) is 0.672. The number of carbonyl (C=O) groups excluding carboxylic acids is 1. The third-order valence-corrected chi connectivity index (χ3v) is 4.61. The first-order valence-corrected chi connectivity index (χ1v) is 7.36. The van der Waals surface area contributed by atoms with Gasteiger partial charge >= 0.3 is 0 Å². The van der Waals surface area contributed by atoms with Crippen molar-refractivity contribution in [3.05, 3.63) is 30.3 Å². The van der Waals surface area contributed by atoms with Crippen molar-refractivity contribution in [1.29, 1.82) is 0 Å². The molecule has 0 aliphatic carbocycles. The predicted molar refractivity (Wildman–Crippen MR) is 73.4 cm³/mol. The van der Waals surface area contributed by atoms with Gasteiger partial charge in [0.25, 0.3) is 5.91 Å².